The van der Waals surface area contributed by atoms with Crippen molar-refractivity contribution >= 4 is 18.3 Å². The van der Waals surface area contributed by atoms with Crippen molar-refractivity contribution < 1.29 is 4.79 Å². The smallest absolute Gasteiger partial charge is 0.251 e. The zero-order valence-electron chi connectivity index (χ0n) is 12.5. The molecule has 2 rings (SSSR count). The lowest BCUT2D eigenvalue weighted by atomic mass is 10.1. The lowest BCUT2D eigenvalue weighted by Gasteiger charge is -2.16. The van der Waals surface area contributed by atoms with E-state index in [4.69, 9.17) is 5.73 Å². The second-order valence-electron chi connectivity index (χ2n) is 4.85. The van der Waals surface area contributed by atoms with Gasteiger partial charge < -0.3 is 11.1 Å². The van der Waals surface area contributed by atoms with E-state index in [9.17, 15) is 4.79 Å². The number of carbonyl (C=O) groups excluding carboxylic acids is 1. The first kappa shape index (κ1) is 18.1. The summed E-state index contributed by atoms with van der Waals surface area (Å²) < 4.78 is 1.53. The molecule has 1 heterocycles. The lowest BCUT2D eigenvalue weighted by molar-refractivity contribution is 0.0936. The van der Waals surface area contributed by atoms with Crippen molar-refractivity contribution in [3.63, 3.8) is 0 Å². The Morgan fingerprint density at radius 3 is 2.64 bits per heavy atom. The van der Waals surface area contributed by atoms with Crippen LogP contribution in [-0.4, -0.2) is 38.7 Å². The van der Waals surface area contributed by atoms with Gasteiger partial charge in [-0.1, -0.05) is 19.8 Å². The van der Waals surface area contributed by atoms with Gasteiger partial charge in [-0.25, -0.2) is 4.68 Å². The molecule has 1 atom stereocenters. The molecule has 120 valence electrons. The predicted molar refractivity (Wildman–Crippen MR) is 86.2 cm³/mol. The summed E-state index contributed by atoms with van der Waals surface area (Å²) in [7, 11) is 0. The lowest BCUT2D eigenvalue weighted by Crippen LogP contribution is -2.40. The van der Waals surface area contributed by atoms with Gasteiger partial charge in [-0.3, -0.25) is 4.79 Å². The van der Waals surface area contributed by atoms with Gasteiger partial charge in [0.2, 0.25) is 0 Å². The molecule has 0 fully saturated rings. The first-order chi connectivity index (χ1) is 10.2. The molecule has 0 bridgehead atoms. The third kappa shape index (κ3) is 4.78. The molecule has 1 aromatic carbocycles. The minimum atomic E-state index is -0.107. The van der Waals surface area contributed by atoms with Gasteiger partial charge in [0.1, 0.15) is 6.33 Å². The number of hydrogen-bond acceptors (Lipinski definition) is 5. The van der Waals surface area contributed by atoms with E-state index in [-0.39, 0.29) is 24.4 Å². The van der Waals surface area contributed by atoms with Gasteiger partial charge in [-0.2, -0.15) is 0 Å². The van der Waals surface area contributed by atoms with Gasteiger partial charge in [0, 0.05) is 18.2 Å². The molecule has 7 nitrogen and oxygen atoms in total. The maximum atomic E-state index is 12.2. The number of benzene rings is 1. The number of amides is 1. The number of nitrogens with zero attached hydrogens (tertiary/aromatic N) is 4. The molecule has 22 heavy (non-hydrogen) atoms. The molecule has 8 heteroatoms. The normalized spacial score (nSPS) is 11.5. The van der Waals surface area contributed by atoms with E-state index in [1.54, 1.807) is 24.3 Å². The van der Waals surface area contributed by atoms with Crippen molar-refractivity contribution in [2.24, 2.45) is 5.73 Å². The Labute approximate surface area is 135 Å². The molecule has 0 saturated carbocycles. The summed E-state index contributed by atoms with van der Waals surface area (Å²) in [6, 6.07) is 7.12. The minimum absolute atomic E-state index is 0. The summed E-state index contributed by atoms with van der Waals surface area (Å²) in [4.78, 5) is 12.2. The second-order valence-corrected chi connectivity index (χ2v) is 4.85. The van der Waals surface area contributed by atoms with Crippen molar-refractivity contribution in [3.05, 3.63) is 36.2 Å². The number of unbranched alkanes of at least 4 members (excludes halogenated alkanes) is 1. The number of rotatable bonds is 7. The highest BCUT2D eigenvalue weighted by molar-refractivity contribution is 5.94. The van der Waals surface area contributed by atoms with Crippen LogP contribution >= 0.6 is 12.4 Å². The van der Waals surface area contributed by atoms with Crippen LogP contribution in [-0.2, 0) is 0 Å². The van der Waals surface area contributed by atoms with Gasteiger partial charge >= 0.3 is 0 Å². The molecule has 0 spiro atoms. The molecule has 1 amide bonds. The molecule has 0 aliphatic heterocycles. The Hall–Kier alpha value is -1.99. The molecule has 0 aliphatic carbocycles. The summed E-state index contributed by atoms with van der Waals surface area (Å²) in [6.45, 7) is 2.57. The molecular formula is C14H21ClN6O. The summed E-state index contributed by atoms with van der Waals surface area (Å²) in [5.41, 5.74) is 7.09. The first-order valence-corrected chi connectivity index (χ1v) is 7.09. The van der Waals surface area contributed by atoms with E-state index in [1.165, 1.54) is 11.0 Å². The Morgan fingerprint density at radius 2 is 2.09 bits per heavy atom. The van der Waals surface area contributed by atoms with Crippen LogP contribution in [0.3, 0.4) is 0 Å². The Kier molecular flexibility index (Phi) is 7.48. The number of hydrogen-bond donors (Lipinski definition) is 2. The van der Waals surface area contributed by atoms with E-state index in [0.717, 1.165) is 24.9 Å². The highest BCUT2D eigenvalue weighted by Gasteiger charge is 2.12. The van der Waals surface area contributed by atoms with Crippen LogP contribution < -0.4 is 11.1 Å². The summed E-state index contributed by atoms with van der Waals surface area (Å²) in [6.07, 6.45) is 4.55. The van der Waals surface area contributed by atoms with E-state index < -0.39 is 0 Å². The van der Waals surface area contributed by atoms with Crippen molar-refractivity contribution in [2.75, 3.05) is 6.54 Å². The van der Waals surface area contributed by atoms with Crippen LogP contribution in [0.15, 0.2) is 30.6 Å². The minimum Gasteiger partial charge on any atom is -0.348 e. The monoisotopic (exact) mass is 324 g/mol. The maximum Gasteiger partial charge on any atom is 0.251 e. The van der Waals surface area contributed by atoms with E-state index in [1.807, 2.05) is 0 Å². The van der Waals surface area contributed by atoms with Crippen LogP contribution in [0.2, 0.25) is 0 Å². The Bertz CT molecular complexity index is 557. The average molecular weight is 325 g/mol. The fraction of sp³-hybridized carbons (Fsp3) is 0.429. The van der Waals surface area contributed by atoms with Gasteiger partial charge in [0.15, 0.2) is 0 Å². The van der Waals surface area contributed by atoms with Gasteiger partial charge in [0.25, 0.3) is 5.91 Å². The molecule has 3 N–H and O–H groups in total. The highest BCUT2D eigenvalue weighted by Crippen LogP contribution is 2.08. The largest absolute Gasteiger partial charge is 0.348 e. The van der Waals surface area contributed by atoms with Crippen molar-refractivity contribution in [1.82, 2.24) is 25.5 Å². The van der Waals surface area contributed by atoms with Gasteiger partial charge in [-0.05, 0) is 41.1 Å². The number of nitrogens with two attached hydrogens (primary N) is 1. The molecule has 0 saturated heterocycles. The molecule has 0 radical (unpaired) electrons. The fourth-order valence-electron chi connectivity index (χ4n) is 2.01. The van der Waals surface area contributed by atoms with Crippen LogP contribution in [0, 0.1) is 0 Å². The molecule has 1 unspecified atom stereocenters. The number of tetrazole rings is 1. The van der Waals surface area contributed by atoms with Crippen molar-refractivity contribution in [3.8, 4) is 5.69 Å². The van der Waals surface area contributed by atoms with Gasteiger partial charge in [0.05, 0.1) is 5.69 Å². The third-order valence-electron chi connectivity index (χ3n) is 3.27. The zero-order valence-corrected chi connectivity index (χ0v) is 13.3. The second kappa shape index (κ2) is 9.11. The Morgan fingerprint density at radius 1 is 1.36 bits per heavy atom. The number of aromatic nitrogens is 4. The van der Waals surface area contributed by atoms with Crippen LogP contribution in [0.1, 0.15) is 36.5 Å². The van der Waals surface area contributed by atoms with Crippen LogP contribution in [0.4, 0.5) is 0 Å². The van der Waals surface area contributed by atoms with Gasteiger partial charge in [-0.15, -0.1) is 17.5 Å². The first-order valence-electron chi connectivity index (χ1n) is 7.09. The molecule has 1 aromatic heterocycles. The van der Waals surface area contributed by atoms with Crippen LogP contribution in [0.25, 0.3) is 5.69 Å². The van der Waals surface area contributed by atoms with Crippen molar-refractivity contribution in [1.29, 1.82) is 0 Å². The fourth-order valence-corrected chi connectivity index (χ4v) is 2.01. The average Bonchev–Trinajstić information content (AvgIpc) is 3.05. The highest BCUT2D eigenvalue weighted by atomic mass is 35.5. The van der Waals surface area contributed by atoms with E-state index in [0.29, 0.717) is 12.1 Å². The summed E-state index contributed by atoms with van der Waals surface area (Å²) in [5.74, 6) is -0.107. The van der Waals surface area contributed by atoms with Crippen molar-refractivity contribution in [2.45, 2.75) is 32.2 Å². The predicted octanol–water partition coefficient (Wildman–Crippen LogP) is 1.33. The standard InChI is InChI=1S/C14H20N6O.ClH/c1-2-3-4-12(9-15)17-14(21)11-5-7-13(8-6-11)20-10-16-18-19-20;/h5-8,10,12H,2-4,9,15H2,1H3,(H,17,21);1H. The van der Waals surface area contributed by atoms with E-state index >= 15 is 0 Å². The summed E-state index contributed by atoms with van der Waals surface area (Å²) >= 11 is 0. The number of carbonyl (C=O) groups is 1. The summed E-state index contributed by atoms with van der Waals surface area (Å²) in [5, 5.41) is 13.9. The molecular weight excluding hydrogens is 304 g/mol. The Balaban J connectivity index is 0.00000242. The molecule has 2 aromatic rings. The third-order valence-corrected chi connectivity index (χ3v) is 3.27. The maximum absolute atomic E-state index is 12.2. The topological polar surface area (TPSA) is 98.7 Å². The van der Waals surface area contributed by atoms with E-state index in [2.05, 4.69) is 27.8 Å². The zero-order chi connectivity index (χ0) is 15.1. The quantitative estimate of drug-likeness (QED) is 0.800. The molecule has 0 aliphatic rings. The van der Waals surface area contributed by atoms with Crippen LogP contribution in [0.5, 0.6) is 0 Å². The SMILES string of the molecule is CCCCC(CN)NC(=O)c1ccc(-n2cnnn2)cc1.Cl. The number of nitrogens with one attached hydrogen (secondary N) is 1. The number of halogens is 1.